The monoisotopic (exact) mass is 330 g/mol. The van der Waals surface area contributed by atoms with Crippen molar-refractivity contribution in [3.05, 3.63) is 40.5 Å². The third-order valence-corrected chi connectivity index (χ3v) is 4.94. The molecule has 0 radical (unpaired) electrons. The number of nitrogens with zero attached hydrogens (tertiary/aromatic N) is 2. The molecule has 0 aliphatic carbocycles. The van der Waals surface area contributed by atoms with Gasteiger partial charge in [-0.15, -0.1) is 0 Å². The molecule has 0 N–H and O–H groups in total. The second-order valence-corrected chi connectivity index (χ2v) is 6.25. The third-order valence-electron chi connectivity index (χ3n) is 4.94. The average molecular weight is 330 g/mol. The molecular formula is C16H14N2O6. The maximum absolute atomic E-state index is 12.9. The predicted octanol–water partition coefficient (Wildman–Crippen LogP) is 1.44. The summed E-state index contributed by atoms with van der Waals surface area (Å²) in [7, 11) is 1.38. The number of carbonyl (C=O) groups excluding carboxylic acids is 2. The summed E-state index contributed by atoms with van der Waals surface area (Å²) in [6.07, 6.45) is 3.16. The van der Waals surface area contributed by atoms with Crippen LogP contribution in [0.4, 0.5) is 11.4 Å². The van der Waals surface area contributed by atoms with Crippen molar-refractivity contribution in [2.24, 2.45) is 11.8 Å². The number of benzene rings is 1. The first-order valence-corrected chi connectivity index (χ1v) is 7.45. The van der Waals surface area contributed by atoms with Crippen molar-refractivity contribution in [1.82, 2.24) is 0 Å². The van der Waals surface area contributed by atoms with Crippen LogP contribution in [0, 0.1) is 22.0 Å². The summed E-state index contributed by atoms with van der Waals surface area (Å²) in [5.74, 6) is -1.82. The van der Waals surface area contributed by atoms with Crippen LogP contribution in [-0.4, -0.2) is 35.6 Å². The number of nitro groups is 1. The van der Waals surface area contributed by atoms with Crippen molar-refractivity contribution in [2.75, 3.05) is 12.0 Å². The molecular weight excluding hydrogens is 316 g/mol. The van der Waals surface area contributed by atoms with Gasteiger partial charge in [-0.3, -0.25) is 19.7 Å². The number of fused-ring (bicyclic) bond motifs is 5. The Balaban J connectivity index is 1.82. The molecule has 1 aromatic carbocycles. The Morgan fingerprint density at radius 1 is 1.33 bits per heavy atom. The molecule has 8 heteroatoms. The van der Waals surface area contributed by atoms with E-state index < -0.39 is 40.3 Å². The van der Waals surface area contributed by atoms with Crippen molar-refractivity contribution in [1.29, 1.82) is 0 Å². The van der Waals surface area contributed by atoms with E-state index in [1.165, 1.54) is 25.3 Å². The van der Waals surface area contributed by atoms with Gasteiger partial charge in [0.05, 0.1) is 35.6 Å². The Morgan fingerprint density at radius 3 is 2.71 bits per heavy atom. The summed E-state index contributed by atoms with van der Waals surface area (Å²) < 4.78 is 10.9. The molecule has 0 spiro atoms. The fourth-order valence-corrected chi connectivity index (χ4v) is 3.86. The highest BCUT2D eigenvalue weighted by molar-refractivity contribution is 6.24. The summed E-state index contributed by atoms with van der Waals surface area (Å²) in [5, 5.41) is 11.0. The van der Waals surface area contributed by atoms with Crippen molar-refractivity contribution < 1.29 is 24.0 Å². The van der Waals surface area contributed by atoms with Gasteiger partial charge in [-0.05, 0) is 13.0 Å². The highest BCUT2D eigenvalue weighted by Crippen LogP contribution is 2.53. The number of hydrogen-bond acceptors (Lipinski definition) is 6. The summed E-state index contributed by atoms with van der Waals surface area (Å²) in [6, 6.07) is 3.84. The molecule has 2 amide bonds. The van der Waals surface area contributed by atoms with Gasteiger partial charge in [0.1, 0.15) is 11.4 Å². The molecule has 4 rings (SSSR count). The molecule has 24 heavy (non-hydrogen) atoms. The summed E-state index contributed by atoms with van der Waals surface area (Å²) >= 11 is 0. The zero-order valence-electron chi connectivity index (χ0n) is 13.0. The van der Waals surface area contributed by atoms with E-state index in [2.05, 4.69) is 0 Å². The number of methoxy groups -OCH3 is 1. The SMILES string of the molecule is COc1ccc([N+](=O)[O-])cc1N1C(=O)[C@H]2[C@H]3C=C[C@@](C)(O3)[C@H]2C1=O. The zero-order valence-corrected chi connectivity index (χ0v) is 13.0. The molecule has 124 valence electrons. The highest BCUT2D eigenvalue weighted by atomic mass is 16.6. The Labute approximate surface area is 136 Å². The number of ether oxygens (including phenoxy) is 2. The number of nitro benzene ring substituents is 1. The third kappa shape index (κ3) is 1.71. The summed E-state index contributed by atoms with van der Waals surface area (Å²) in [6.45, 7) is 1.77. The van der Waals surface area contributed by atoms with Crippen molar-refractivity contribution in [3.63, 3.8) is 0 Å². The first kappa shape index (κ1) is 14.8. The van der Waals surface area contributed by atoms with Gasteiger partial charge >= 0.3 is 0 Å². The van der Waals surface area contributed by atoms with E-state index >= 15 is 0 Å². The average Bonchev–Trinajstić information content (AvgIpc) is 3.15. The smallest absolute Gasteiger partial charge is 0.271 e. The van der Waals surface area contributed by atoms with Gasteiger partial charge in [-0.2, -0.15) is 0 Å². The number of amides is 2. The molecule has 0 unspecified atom stereocenters. The van der Waals surface area contributed by atoms with Crippen LogP contribution in [-0.2, 0) is 14.3 Å². The molecule has 2 bridgehead atoms. The maximum Gasteiger partial charge on any atom is 0.271 e. The Morgan fingerprint density at radius 2 is 2.08 bits per heavy atom. The van der Waals surface area contributed by atoms with Gasteiger partial charge in [0.25, 0.3) is 5.69 Å². The summed E-state index contributed by atoms with van der Waals surface area (Å²) in [4.78, 5) is 37.2. The molecule has 3 heterocycles. The minimum atomic E-state index is -0.815. The molecule has 2 saturated heterocycles. The lowest BCUT2D eigenvalue weighted by Gasteiger charge is -2.24. The number of anilines is 1. The molecule has 4 atom stereocenters. The number of rotatable bonds is 3. The second kappa shape index (κ2) is 4.64. The van der Waals surface area contributed by atoms with Crippen LogP contribution in [0.2, 0.25) is 0 Å². The van der Waals surface area contributed by atoms with E-state index in [9.17, 15) is 19.7 Å². The predicted molar refractivity (Wildman–Crippen MR) is 81.5 cm³/mol. The van der Waals surface area contributed by atoms with Gasteiger partial charge in [-0.25, -0.2) is 4.90 Å². The molecule has 0 saturated carbocycles. The fraction of sp³-hybridized carbons (Fsp3) is 0.375. The molecule has 2 fully saturated rings. The number of non-ortho nitro benzene ring substituents is 1. The Hall–Kier alpha value is -2.74. The lowest BCUT2D eigenvalue weighted by atomic mass is 9.78. The van der Waals surface area contributed by atoms with Crippen LogP contribution in [0.1, 0.15) is 6.92 Å². The topological polar surface area (TPSA) is 99.0 Å². The van der Waals surface area contributed by atoms with E-state index in [4.69, 9.17) is 9.47 Å². The maximum atomic E-state index is 12.9. The van der Waals surface area contributed by atoms with Gasteiger partial charge in [0, 0.05) is 12.1 Å². The van der Waals surface area contributed by atoms with Gasteiger partial charge in [0.15, 0.2) is 0 Å². The second-order valence-electron chi connectivity index (χ2n) is 6.25. The number of carbonyl (C=O) groups is 2. The summed E-state index contributed by atoms with van der Waals surface area (Å²) in [5.41, 5.74) is -0.934. The normalized spacial score (nSPS) is 33.2. The lowest BCUT2D eigenvalue weighted by molar-refractivity contribution is -0.384. The van der Waals surface area contributed by atoms with Crippen LogP contribution >= 0.6 is 0 Å². The van der Waals surface area contributed by atoms with Crippen molar-refractivity contribution in [2.45, 2.75) is 18.6 Å². The molecule has 3 aliphatic heterocycles. The van der Waals surface area contributed by atoms with E-state index in [1.54, 1.807) is 19.1 Å². The zero-order chi connectivity index (χ0) is 17.2. The van der Waals surface area contributed by atoms with Gasteiger partial charge in [0.2, 0.25) is 11.8 Å². The lowest BCUT2D eigenvalue weighted by Crippen LogP contribution is -2.38. The minimum Gasteiger partial charge on any atom is -0.495 e. The van der Waals surface area contributed by atoms with Crippen molar-refractivity contribution in [3.8, 4) is 5.75 Å². The molecule has 3 aliphatic rings. The van der Waals surface area contributed by atoms with E-state index in [0.717, 1.165) is 4.90 Å². The Bertz CT molecular complexity index is 819. The number of hydrogen-bond donors (Lipinski definition) is 0. The fourth-order valence-electron chi connectivity index (χ4n) is 3.86. The Kier molecular flexibility index (Phi) is 2.86. The van der Waals surface area contributed by atoms with Crippen LogP contribution in [0.15, 0.2) is 30.4 Å². The minimum absolute atomic E-state index is 0.0964. The highest BCUT2D eigenvalue weighted by Gasteiger charge is 2.66. The largest absolute Gasteiger partial charge is 0.495 e. The molecule has 0 aromatic heterocycles. The van der Waals surface area contributed by atoms with E-state index in [1.807, 2.05) is 0 Å². The van der Waals surface area contributed by atoms with Crippen LogP contribution < -0.4 is 9.64 Å². The first-order valence-electron chi connectivity index (χ1n) is 7.45. The first-order chi connectivity index (χ1) is 11.4. The van der Waals surface area contributed by atoms with Crippen molar-refractivity contribution >= 4 is 23.2 Å². The quantitative estimate of drug-likeness (QED) is 0.360. The van der Waals surface area contributed by atoms with Crippen LogP contribution in [0.3, 0.4) is 0 Å². The van der Waals surface area contributed by atoms with E-state index in [-0.39, 0.29) is 17.1 Å². The van der Waals surface area contributed by atoms with Gasteiger partial charge in [-0.1, -0.05) is 12.2 Å². The van der Waals surface area contributed by atoms with Crippen LogP contribution in [0.25, 0.3) is 0 Å². The van der Waals surface area contributed by atoms with Gasteiger partial charge < -0.3 is 9.47 Å². The van der Waals surface area contributed by atoms with Crippen LogP contribution in [0.5, 0.6) is 5.75 Å². The van der Waals surface area contributed by atoms with E-state index in [0.29, 0.717) is 0 Å². The number of imide groups is 1. The molecule has 8 nitrogen and oxygen atoms in total. The molecule has 1 aromatic rings. The standard InChI is InChI=1S/C16H14N2O6/c1-16-6-5-11(24-16)12-13(16)15(20)17(14(12)19)9-7-8(18(21)22)3-4-10(9)23-2/h3-7,11-13H,1-2H3/t11-,12+,13-,16-/m1/s1.